The largest absolute Gasteiger partial charge is 0.314 e. The Labute approximate surface area is 97.6 Å². The zero-order chi connectivity index (χ0) is 10.8. The average Bonchev–Trinajstić information content (AvgIpc) is 2.23. The van der Waals surface area contributed by atoms with Crippen LogP contribution in [0.2, 0.25) is 0 Å². The second-order valence-electron chi connectivity index (χ2n) is 3.87. The van der Waals surface area contributed by atoms with Gasteiger partial charge in [0.05, 0.1) is 0 Å². The van der Waals surface area contributed by atoms with Gasteiger partial charge in [0.15, 0.2) is 0 Å². The van der Waals surface area contributed by atoms with Gasteiger partial charge in [-0.2, -0.15) is 0 Å². The molecule has 0 aliphatic carbocycles. The summed E-state index contributed by atoms with van der Waals surface area (Å²) >= 11 is 3.38. The van der Waals surface area contributed by atoms with Gasteiger partial charge < -0.3 is 5.32 Å². The van der Waals surface area contributed by atoms with E-state index in [2.05, 4.69) is 26.1 Å². The van der Waals surface area contributed by atoms with E-state index in [-0.39, 0.29) is 11.9 Å². The minimum atomic E-state index is -0.126. The van der Waals surface area contributed by atoms with E-state index < -0.39 is 0 Å². The lowest BCUT2D eigenvalue weighted by molar-refractivity contribution is 0.198. The van der Waals surface area contributed by atoms with E-state index in [1.165, 1.54) is 6.07 Å². The van der Waals surface area contributed by atoms with Gasteiger partial charge in [0, 0.05) is 35.7 Å². The Morgan fingerprint density at radius 1 is 1.53 bits per heavy atom. The maximum Gasteiger partial charge on any atom is 0.128 e. The number of likely N-dealkylation sites (N-methyl/N-ethyl adjacent to an activating group) is 1. The lowest BCUT2D eigenvalue weighted by Crippen LogP contribution is -2.44. The molecular weight excluding hydrogens is 259 g/mol. The fourth-order valence-corrected chi connectivity index (χ4v) is 2.30. The maximum absolute atomic E-state index is 13.7. The van der Waals surface area contributed by atoms with Gasteiger partial charge in [-0.1, -0.05) is 15.9 Å². The van der Waals surface area contributed by atoms with Crippen LogP contribution in [0, 0.1) is 5.82 Å². The van der Waals surface area contributed by atoms with E-state index in [0.717, 1.165) is 29.7 Å². The monoisotopic (exact) mass is 272 g/mol. The highest BCUT2D eigenvalue weighted by molar-refractivity contribution is 9.10. The van der Waals surface area contributed by atoms with E-state index in [1.54, 1.807) is 6.07 Å². The highest BCUT2D eigenvalue weighted by Gasteiger charge is 2.23. The van der Waals surface area contributed by atoms with Crippen LogP contribution in [-0.2, 0) is 0 Å². The standard InChI is InChI=1S/C11H14BrFN2/c1-15-5-4-14-7-11(15)9-6-8(12)2-3-10(9)13/h2-3,6,11,14H,4-5,7H2,1H3. The number of hydrogen-bond acceptors (Lipinski definition) is 2. The van der Waals surface area contributed by atoms with Crippen molar-refractivity contribution in [2.24, 2.45) is 0 Å². The van der Waals surface area contributed by atoms with Crippen molar-refractivity contribution in [1.82, 2.24) is 10.2 Å². The molecule has 1 N–H and O–H groups in total. The van der Waals surface area contributed by atoms with Crippen LogP contribution in [-0.4, -0.2) is 31.6 Å². The topological polar surface area (TPSA) is 15.3 Å². The number of halogens is 2. The number of piperazine rings is 1. The predicted octanol–water partition coefficient (Wildman–Crippen LogP) is 2.16. The molecule has 1 aliphatic rings. The van der Waals surface area contributed by atoms with Gasteiger partial charge in [0.1, 0.15) is 5.82 Å². The van der Waals surface area contributed by atoms with Crippen LogP contribution in [0.15, 0.2) is 22.7 Å². The first-order valence-electron chi connectivity index (χ1n) is 5.04. The molecule has 4 heteroatoms. The summed E-state index contributed by atoms with van der Waals surface area (Å²) in [6.07, 6.45) is 0. The second kappa shape index (κ2) is 4.60. The number of rotatable bonds is 1. The quantitative estimate of drug-likeness (QED) is 0.843. The first-order valence-corrected chi connectivity index (χ1v) is 5.83. The molecule has 15 heavy (non-hydrogen) atoms. The Bertz CT molecular complexity index is 356. The molecule has 0 saturated carbocycles. The minimum absolute atomic E-state index is 0.126. The SMILES string of the molecule is CN1CCNCC1c1cc(Br)ccc1F. The molecule has 1 saturated heterocycles. The van der Waals surface area contributed by atoms with Gasteiger partial charge in [-0.15, -0.1) is 0 Å². The molecule has 1 aromatic rings. The molecule has 0 radical (unpaired) electrons. The molecule has 1 fully saturated rings. The predicted molar refractivity (Wildman–Crippen MR) is 62.3 cm³/mol. The molecule has 0 amide bonds. The molecule has 1 aromatic carbocycles. The number of benzene rings is 1. The normalized spacial score (nSPS) is 23.0. The zero-order valence-electron chi connectivity index (χ0n) is 8.63. The van der Waals surface area contributed by atoms with Gasteiger partial charge in [-0.3, -0.25) is 4.90 Å². The van der Waals surface area contributed by atoms with Crippen LogP contribution in [0.5, 0.6) is 0 Å². The van der Waals surface area contributed by atoms with Crippen LogP contribution in [0.1, 0.15) is 11.6 Å². The lowest BCUT2D eigenvalue weighted by Gasteiger charge is -2.33. The Hall–Kier alpha value is -0.450. The summed E-state index contributed by atoms with van der Waals surface area (Å²) in [4.78, 5) is 2.18. The Morgan fingerprint density at radius 3 is 3.07 bits per heavy atom. The fourth-order valence-electron chi connectivity index (χ4n) is 1.92. The highest BCUT2D eigenvalue weighted by atomic mass is 79.9. The molecule has 2 nitrogen and oxygen atoms in total. The molecular formula is C11H14BrFN2. The number of nitrogens with zero attached hydrogens (tertiary/aromatic N) is 1. The molecule has 0 bridgehead atoms. The van der Waals surface area contributed by atoms with Gasteiger partial charge in [0.2, 0.25) is 0 Å². The van der Waals surface area contributed by atoms with Crippen molar-refractivity contribution >= 4 is 15.9 Å². The van der Waals surface area contributed by atoms with Gasteiger partial charge in [-0.25, -0.2) is 4.39 Å². The van der Waals surface area contributed by atoms with E-state index >= 15 is 0 Å². The van der Waals surface area contributed by atoms with Gasteiger partial charge in [0.25, 0.3) is 0 Å². The number of nitrogens with one attached hydrogen (secondary N) is 1. The van der Waals surface area contributed by atoms with Gasteiger partial charge in [-0.05, 0) is 25.2 Å². The third-order valence-corrected chi connectivity index (χ3v) is 3.32. The maximum atomic E-state index is 13.7. The Balaban J connectivity index is 2.30. The number of hydrogen-bond donors (Lipinski definition) is 1. The summed E-state index contributed by atoms with van der Waals surface area (Å²) < 4.78 is 14.6. The summed E-state index contributed by atoms with van der Waals surface area (Å²) in [6, 6.07) is 5.25. The summed E-state index contributed by atoms with van der Waals surface area (Å²) in [7, 11) is 2.03. The van der Waals surface area contributed by atoms with E-state index in [4.69, 9.17) is 0 Å². The van der Waals surface area contributed by atoms with Crippen molar-refractivity contribution in [2.45, 2.75) is 6.04 Å². The smallest absolute Gasteiger partial charge is 0.128 e. The average molecular weight is 273 g/mol. The van der Waals surface area contributed by atoms with Crippen molar-refractivity contribution in [3.8, 4) is 0 Å². The first kappa shape index (κ1) is 11.0. The summed E-state index contributed by atoms with van der Waals surface area (Å²) in [5.74, 6) is -0.126. The summed E-state index contributed by atoms with van der Waals surface area (Å²) in [5.41, 5.74) is 0.763. The van der Waals surface area contributed by atoms with Crippen molar-refractivity contribution in [3.05, 3.63) is 34.1 Å². The Morgan fingerprint density at radius 2 is 2.33 bits per heavy atom. The molecule has 1 aliphatic heterocycles. The molecule has 1 atom stereocenters. The first-order chi connectivity index (χ1) is 7.18. The Kier molecular flexibility index (Phi) is 3.38. The zero-order valence-corrected chi connectivity index (χ0v) is 10.2. The van der Waals surface area contributed by atoms with E-state index in [9.17, 15) is 4.39 Å². The van der Waals surface area contributed by atoms with Crippen LogP contribution < -0.4 is 5.32 Å². The fraction of sp³-hybridized carbons (Fsp3) is 0.455. The van der Waals surface area contributed by atoms with Crippen LogP contribution in [0.4, 0.5) is 4.39 Å². The van der Waals surface area contributed by atoms with Crippen molar-refractivity contribution in [2.75, 3.05) is 26.7 Å². The molecule has 1 heterocycles. The molecule has 1 unspecified atom stereocenters. The molecule has 82 valence electrons. The van der Waals surface area contributed by atoms with Crippen LogP contribution in [0.25, 0.3) is 0 Å². The highest BCUT2D eigenvalue weighted by Crippen LogP contribution is 2.26. The van der Waals surface area contributed by atoms with Crippen molar-refractivity contribution < 1.29 is 4.39 Å². The molecule has 2 rings (SSSR count). The van der Waals surface area contributed by atoms with Crippen molar-refractivity contribution in [3.63, 3.8) is 0 Å². The van der Waals surface area contributed by atoms with Crippen LogP contribution >= 0.6 is 15.9 Å². The minimum Gasteiger partial charge on any atom is -0.314 e. The molecule has 0 aromatic heterocycles. The second-order valence-corrected chi connectivity index (χ2v) is 4.78. The third-order valence-electron chi connectivity index (χ3n) is 2.83. The van der Waals surface area contributed by atoms with E-state index in [0.29, 0.717) is 0 Å². The van der Waals surface area contributed by atoms with Crippen molar-refractivity contribution in [1.29, 1.82) is 0 Å². The van der Waals surface area contributed by atoms with E-state index in [1.807, 2.05) is 13.1 Å². The molecule has 0 spiro atoms. The van der Waals surface area contributed by atoms with Crippen LogP contribution in [0.3, 0.4) is 0 Å². The third kappa shape index (κ3) is 2.38. The summed E-state index contributed by atoms with van der Waals surface area (Å²) in [6.45, 7) is 2.74. The van der Waals surface area contributed by atoms with Gasteiger partial charge >= 0.3 is 0 Å². The summed E-state index contributed by atoms with van der Waals surface area (Å²) in [5, 5.41) is 3.29. The lowest BCUT2D eigenvalue weighted by atomic mass is 10.0.